The second-order valence-corrected chi connectivity index (χ2v) is 6.08. The Bertz CT molecular complexity index is 866. The van der Waals surface area contributed by atoms with Crippen molar-refractivity contribution >= 4 is 23.5 Å². The molecule has 2 rings (SSSR count). The fraction of sp³-hybridized carbons (Fsp3) is 0.286. The van der Waals surface area contributed by atoms with E-state index in [-0.39, 0.29) is 16.9 Å². The molecule has 30 heavy (non-hydrogen) atoms. The van der Waals surface area contributed by atoms with Gasteiger partial charge >= 0.3 is 12.6 Å². The highest BCUT2D eigenvalue weighted by atomic mass is 19.3. The van der Waals surface area contributed by atoms with Crippen molar-refractivity contribution in [3.05, 3.63) is 59.7 Å². The maximum atomic E-state index is 12.1. The van der Waals surface area contributed by atoms with E-state index in [4.69, 9.17) is 4.74 Å². The van der Waals surface area contributed by atoms with E-state index in [0.717, 1.165) is 18.8 Å². The molecule has 9 heteroatoms. The lowest BCUT2D eigenvalue weighted by atomic mass is 10.2. The highest BCUT2D eigenvalue weighted by molar-refractivity contribution is 6.05. The summed E-state index contributed by atoms with van der Waals surface area (Å²) in [5.74, 6) is -2.39. The number of carbonyl (C=O) groups excluding carboxylic acids is 3. The smallest absolute Gasteiger partial charge is 0.387 e. The van der Waals surface area contributed by atoms with E-state index in [1.807, 2.05) is 13.8 Å². The molecule has 2 aromatic carbocycles. The van der Waals surface area contributed by atoms with Gasteiger partial charge in [0.05, 0.1) is 5.56 Å². The first-order chi connectivity index (χ1) is 14.3. The Labute approximate surface area is 172 Å². The molecule has 0 aromatic heterocycles. The van der Waals surface area contributed by atoms with Crippen molar-refractivity contribution in [3.63, 3.8) is 0 Å². The van der Waals surface area contributed by atoms with E-state index in [9.17, 15) is 23.2 Å². The van der Waals surface area contributed by atoms with Gasteiger partial charge in [-0.1, -0.05) is 0 Å². The normalized spacial score (nSPS) is 10.4. The van der Waals surface area contributed by atoms with Crippen LogP contribution in [0.5, 0.6) is 5.75 Å². The number of imide groups is 1. The summed E-state index contributed by atoms with van der Waals surface area (Å²) in [5.41, 5.74) is 1.30. The Morgan fingerprint density at radius 3 is 2.03 bits per heavy atom. The molecule has 0 unspecified atom stereocenters. The Kier molecular flexibility index (Phi) is 8.28. The van der Waals surface area contributed by atoms with Crippen LogP contribution in [0.25, 0.3) is 0 Å². The number of anilines is 1. The van der Waals surface area contributed by atoms with Crippen LogP contribution in [0, 0.1) is 0 Å². The summed E-state index contributed by atoms with van der Waals surface area (Å²) in [6, 6.07) is 11.6. The summed E-state index contributed by atoms with van der Waals surface area (Å²) in [4.78, 5) is 38.0. The number of alkyl halides is 2. The standard InChI is InChI=1S/C21H22F2N2O5/c1-3-25(4-2)16-9-5-15(6-10-16)20(28)29-13-18(26)24-19(27)14-7-11-17(12-8-14)30-21(22)23/h5-12,21H,3-4,13H2,1-2H3,(H,24,26,27). The Morgan fingerprint density at radius 1 is 0.933 bits per heavy atom. The second kappa shape index (κ2) is 10.9. The highest BCUT2D eigenvalue weighted by Gasteiger charge is 2.15. The number of rotatable bonds is 9. The summed E-state index contributed by atoms with van der Waals surface area (Å²) in [6.07, 6.45) is 0. The molecule has 0 spiro atoms. The molecule has 0 atom stereocenters. The van der Waals surface area contributed by atoms with Crippen molar-refractivity contribution in [1.82, 2.24) is 5.32 Å². The number of esters is 1. The zero-order chi connectivity index (χ0) is 22.1. The van der Waals surface area contributed by atoms with Crippen LogP contribution in [-0.2, 0) is 9.53 Å². The summed E-state index contributed by atoms with van der Waals surface area (Å²) in [7, 11) is 0. The van der Waals surface area contributed by atoms with E-state index < -0.39 is 31.0 Å². The molecule has 0 saturated heterocycles. The van der Waals surface area contributed by atoms with Crippen LogP contribution in [0.15, 0.2) is 48.5 Å². The SMILES string of the molecule is CCN(CC)c1ccc(C(=O)OCC(=O)NC(=O)c2ccc(OC(F)F)cc2)cc1. The van der Waals surface area contributed by atoms with Gasteiger partial charge in [0.25, 0.3) is 11.8 Å². The minimum Gasteiger partial charge on any atom is -0.452 e. The number of benzene rings is 2. The maximum absolute atomic E-state index is 12.1. The predicted molar refractivity (Wildman–Crippen MR) is 106 cm³/mol. The quantitative estimate of drug-likeness (QED) is 0.627. The number of nitrogens with one attached hydrogen (secondary N) is 1. The van der Waals surface area contributed by atoms with Gasteiger partial charge in [0, 0.05) is 24.3 Å². The van der Waals surface area contributed by atoms with Gasteiger partial charge < -0.3 is 14.4 Å². The monoisotopic (exact) mass is 420 g/mol. The molecular formula is C21H22F2N2O5. The maximum Gasteiger partial charge on any atom is 0.387 e. The van der Waals surface area contributed by atoms with Crippen molar-refractivity contribution in [2.24, 2.45) is 0 Å². The predicted octanol–water partition coefficient (Wildman–Crippen LogP) is 3.25. The molecule has 2 aromatic rings. The third kappa shape index (κ3) is 6.54. The molecule has 1 N–H and O–H groups in total. The fourth-order valence-corrected chi connectivity index (χ4v) is 2.63. The molecule has 0 aliphatic carbocycles. The van der Waals surface area contributed by atoms with Crippen LogP contribution in [0.2, 0.25) is 0 Å². The van der Waals surface area contributed by atoms with Crippen molar-refractivity contribution < 1.29 is 32.6 Å². The molecule has 0 radical (unpaired) electrons. The summed E-state index contributed by atoms with van der Waals surface area (Å²) < 4.78 is 33.3. The first kappa shape index (κ1) is 22.8. The van der Waals surface area contributed by atoms with Crippen LogP contribution in [0.3, 0.4) is 0 Å². The van der Waals surface area contributed by atoms with E-state index >= 15 is 0 Å². The second-order valence-electron chi connectivity index (χ2n) is 6.08. The Morgan fingerprint density at radius 2 is 1.50 bits per heavy atom. The highest BCUT2D eigenvalue weighted by Crippen LogP contribution is 2.16. The van der Waals surface area contributed by atoms with Crippen LogP contribution in [0.4, 0.5) is 14.5 Å². The number of hydrogen-bond acceptors (Lipinski definition) is 6. The third-order valence-electron chi connectivity index (χ3n) is 4.16. The lowest BCUT2D eigenvalue weighted by Gasteiger charge is -2.20. The zero-order valence-corrected chi connectivity index (χ0v) is 16.6. The van der Waals surface area contributed by atoms with Gasteiger partial charge in [-0.05, 0) is 62.4 Å². The zero-order valence-electron chi connectivity index (χ0n) is 16.6. The molecule has 7 nitrogen and oxygen atoms in total. The first-order valence-electron chi connectivity index (χ1n) is 9.25. The molecule has 0 aliphatic rings. The van der Waals surface area contributed by atoms with Crippen LogP contribution >= 0.6 is 0 Å². The number of carbonyl (C=O) groups is 3. The average Bonchev–Trinajstić information content (AvgIpc) is 2.73. The fourth-order valence-electron chi connectivity index (χ4n) is 2.63. The lowest BCUT2D eigenvalue weighted by Crippen LogP contribution is -2.34. The summed E-state index contributed by atoms with van der Waals surface area (Å²) in [6.45, 7) is 2.09. The van der Waals surface area contributed by atoms with Crippen LogP contribution in [0.1, 0.15) is 34.6 Å². The number of ether oxygens (including phenoxy) is 2. The molecule has 0 bridgehead atoms. The van der Waals surface area contributed by atoms with Gasteiger partial charge in [-0.3, -0.25) is 14.9 Å². The van der Waals surface area contributed by atoms with E-state index in [2.05, 4.69) is 15.0 Å². The first-order valence-corrected chi connectivity index (χ1v) is 9.25. The molecule has 0 heterocycles. The topological polar surface area (TPSA) is 84.9 Å². The van der Waals surface area contributed by atoms with E-state index in [0.29, 0.717) is 0 Å². The van der Waals surface area contributed by atoms with Crippen molar-refractivity contribution in [3.8, 4) is 5.75 Å². The van der Waals surface area contributed by atoms with E-state index in [1.54, 1.807) is 24.3 Å². The largest absolute Gasteiger partial charge is 0.452 e. The van der Waals surface area contributed by atoms with Crippen LogP contribution in [-0.4, -0.2) is 44.1 Å². The molecular weight excluding hydrogens is 398 g/mol. The van der Waals surface area contributed by atoms with Gasteiger partial charge in [0.15, 0.2) is 6.61 Å². The van der Waals surface area contributed by atoms with Crippen molar-refractivity contribution in [2.45, 2.75) is 20.5 Å². The number of nitrogens with zero attached hydrogens (tertiary/aromatic N) is 1. The van der Waals surface area contributed by atoms with Gasteiger partial charge in [0.2, 0.25) is 0 Å². The molecule has 2 amide bonds. The average molecular weight is 420 g/mol. The van der Waals surface area contributed by atoms with Gasteiger partial charge in [0.1, 0.15) is 5.75 Å². The Hall–Kier alpha value is -3.49. The summed E-state index contributed by atoms with van der Waals surface area (Å²) in [5, 5.41) is 2.05. The van der Waals surface area contributed by atoms with Crippen LogP contribution < -0.4 is 15.0 Å². The summed E-state index contributed by atoms with van der Waals surface area (Å²) >= 11 is 0. The number of halogens is 2. The van der Waals surface area contributed by atoms with Crippen molar-refractivity contribution in [2.75, 3.05) is 24.6 Å². The minimum absolute atomic E-state index is 0.0586. The Balaban J connectivity index is 1.84. The van der Waals surface area contributed by atoms with Gasteiger partial charge in [-0.2, -0.15) is 8.78 Å². The molecule has 0 aliphatic heterocycles. The number of amides is 2. The van der Waals surface area contributed by atoms with Gasteiger partial charge in [-0.15, -0.1) is 0 Å². The third-order valence-corrected chi connectivity index (χ3v) is 4.16. The number of hydrogen-bond donors (Lipinski definition) is 1. The van der Waals surface area contributed by atoms with Crippen molar-refractivity contribution in [1.29, 1.82) is 0 Å². The minimum atomic E-state index is -2.98. The molecule has 160 valence electrons. The molecule has 0 saturated carbocycles. The van der Waals surface area contributed by atoms with E-state index in [1.165, 1.54) is 24.3 Å². The lowest BCUT2D eigenvalue weighted by molar-refractivity contribution is -0.123. The van der Waals surface area contributed by atoms with Gasteiger partial charge in [-0.25, -0.2) is 4.79 Å². The molecule has 0 fully saturated rings.